The molecule has 0 aromatic heterocycles. The molecule has 0 atom stereocenters. The van der Waals surface area contributed by atoms with Gasteiger partial charge in [0.2, 0.25) is 0 Å². The molecule has 1 rings (SSSR count). The van der Waals surface area contributed by atoms with Crippen LogP contribution < -0.4 is 4.74 Å². The molecule has 0 radical (unpaired) electrons. The van der Waals surface area contributed by atoms with Gasteiger partial charge in [0, 0.05) is 0 Å². The number of ether oxygens (including phenoxy) is 1. The SMILES string of the molecule is CCC(CC)Oc1ccc(C(C)C)cc1. The summed E-state index contributed by atoms with van der Waals surface area (Å²) in [5.74, 6) is 1.58. The smallest absolute Gasteiger partial charge is 0.119 e. The van der Waals surface area contributed by atoms with Crippen LogP contribution in [-0.4, -0.2) is 6.10 Å². The third kappa shape index (κ3) is 3.58. The molecule has 0 N–H and O–H groups in total. The van der Waals surface area contributed by atoms with Crippen molar-refractivity contribution in [2.24, 2.45) is 0 Å². The summed E-state index contributed by atoms with van der Waals surface area (Å²) in [5.41, 5.74) is 1.37. The fourth-order valence-corrected chi connectivity index (χ4v) is 1.58. The Morgan fingerprint density at radius 1 is 1.00 bits per heavy atom. The fourth-order valence-electron chi connectivity index (χ4n) is 1.58. The molecule has 0 aliphatic rings. The summed E-state index contributed by atoms with van der Waals surface area (Å²) >= 11 is 0. The van der Waals surface area contributed by atoms with Crippen LogP contribution in [0.1, 0.15) is 52.0 Å². The van der Waals surface area contributed by atoms with Crippen LogP contribution in [0.25, 0.3) is 0 Å². The maximum absolute atomic E-state index is 5.85. The molecule has 0 spiro atoms. The number of benzene rings is 1. The highest BCUT2D eigenvalue weighted by atomic mass is 16.5. The van der Waals surface area contributed by atoms with E-state index in [-0.39, 0.29) is 0 Å². The highest BCUT2D eigenvalue weighted by Gasteiger charge is 2.05. The topological polar surface area (TPSA) is 9.23 Å². The van der Waals surface area contributed by atoms with Crippen molar-refractivity contribution in [2.45, 2.75) is 52.6 Å². The van der Waals surface area contributed by atoms with E-state index in [1.165, 1.54) is 5.56 Å². The molecular weight excluding hydrogens is 184 g/mol. The highest BCUT2D eigenvalue weighted by molar-refractivity contribution is 5.29. The van der Waals surface area contributed by atoms with Gasteiger partial charge in [0.05, 0.1) is 6.10 Å². The molecule has 0 saturated carbocycles. The molecular formula is C14H22O. The molecule has 84 valence electrons. The summed E-state index contributed by atoms with van der Waals surface area (Å²) in [6.45, 7) is 8.74. The Kier molecular flexibility index (Phi) is 4.67. The quantitative estimate of drug-likeness (QED) is 0.694. The Bertz CT molecular complexity index is 270. The van der Waals surface area contributed by atoms with Gasteiger partial charge in [0.1, 0.15) is 5.75 Å². The van der Waals surface area contributed by atoms with Crippen LogP contribution in [0.3, 0.4) is 0 Å². The molecule has 15 heavy (non-hydrogen) atoms. The Morgan fingerprint density at radius 3 is 1.93 bits per heavy atom. The minimum absolute atomic E-state index is 0.356. The van der Waals surface area contributed by atoms with Crippen LogP contribution in [0.4, 0.5) is 0 Å². The lowest BCUT2D eigenvalue weighted by molar-refractivity contribution is 0.193. The lowest BCUT2D eigenvalue weighted by Crippen LogP contribution is -2.13. The first-order valence-electron chi connectivity index (χ1n) is 5.94. The molecule has 1 aromatic rings. The average molecular weight is 206 g/mol. The van der Waals surface area contributed by atoms with Gasteiger partial charge in [-0.2, -0.15) is 0 Å². The van der Waals surface area contributed by atoms with Crippen LogP contribution in [0.5, 0.6) is 5.75 Å². The van der Waals surface area contributed by atoms with Crippen molar-refractivity contribution in [2.75, 3.05) is 0 Å². The van der Waals surface area contributed by atoms with Gasteiger partial charge in [-0.05, 0) is 36.5 Å². The number of hydrogen-bond donors (Lipinski definition) is 0. The Balaban J connectivity index is 2.63. The minimum atomic E-state index is 0.356. The maximum atomic E-state index is 5.85. The molecule has 0 saturated heterocycles. The zero-order chi connectivity index (χ0) is 11.3. The summed E-state index contributed by atoms with van der Waals surface area (Å²) in [7, 11) is 0. The average Bonchev–Trinajstić information content (AvgIpc) is 2.26. The van der Waals surface area contributed by atoms with Gasteiger partial charge in [-0.1, -0.05) is 39.8 Å². The number of hydrogen-bond acceptors (Lipinski definition) is 1. The first kappa shape index (κ1) is 12.1. The second kappa shape index (κ2) is 5.79. The molecule has 1 aromatic carbocycles. The second-order valence-corrected chi connectivity index (χ2v) is 4.28. The predicted octanol–water partition coefficient (Wildman–Crippen LogP) is 4.38. The van der Waals surface area contributed by atoms with Crippen LogP contribution >= 0.6 is 0 Å². The van der Waals surface area contributed by atoms with Gasteiger partial charge in [-0.3, -0.25) is 0 Å². The summed E-state index contributed by atoms with van der Waals surface area (Å²) in [6.07, 6.45) is 2.50. The summed E-state index contributed by atoms with van der Waals surface area (Å²) in [5, 5.41) is 0. The normalized spacial score (nSPS) is 11.1. The zero-order valence-corrected chi connectivity index (χ0v) is 10.3. The van der Waals surface area contributed by atoms with Crippen molar-refractivity contribution in [1.82, 2.24) is 0 Å². The van der Waals surface area contributed by atoms with E-state index >= 15 is 0 Å². The van der Waals surface area contributed by atoms with Crippen LogP contribution in [0, 0.1) is 0 Å². The van der Waals surface area contributed by atoms with E-state index in [2.05, 4.69) is 52.0 Å². The largest absolute Gasteiger partial charge is 0.490 e. The number of rotatable bonds is 5. The zero-order valence-electron chi connectivity index (χ0n) is 10.3. The molecule has 0 bridgehead atoms. The monoisotopic (exact) mass is 206 g/mol. The van der Waals surface area contributed by atoms with Gasteiger partial charge >= 0.3 is 0 Å². The van der Waals surface area contributed by atoms with Crippen molar-refractivity contribution in [3.8, 4) is 5.75 Å². The molecule has 0 aliphatic heterocycles. The standard InChI is InChI=1S/C14H22O/c1-5-13(6-2)15-14-9-7-12(8-10-14)11(3)4/h7-11,13H,5-6H2,1-4H3. The third-order valence-electron chi connectivity index (χ3n) is 2.76. The van der Waals surface area contributed by atoms with Crippen LogP contribution in [0.15, 0.2) is 24.3 Å². The van der Waals surface area contributed by atoms with Crippen molar-refractivity contribution in [1.29, 1.82) is 0 Å². The molecule has 0 fully saturated rings. The predicted molar refractivity (Wildman–Crippen MR) is 65.5 cm³/mol. The van der Waals surface area contributed by atoms with Gasteiger partial charge in [0.15, 0.2) is 0 Å². The second-order valence-electron chi connectivity index (χ2n) is 4.28. The molecule has 0 heterocycles. The Hall–Kier alpha value is -0.980. The molecule has 0 amide bonds. The van der Waals surface area contributed by atoms with E-state index < -0.39 is 0 Å². The van der Waals surface area contributed by atoms with E-state index in [0.29, 0.717) is 12.0 Å². The summed E-state index contributed by atoms with van der Waals surface area (Å²) in [6, 6.07) is 8.46. The Labute approximate surface area is 93.5 Å². The molecule has 0 aliphatic carbocycles. The van der Waals surface area contributed by atoms with Gasteiger partial charge < -0.3 is 4.74 Å². The van der Waals surface area contributed by atoms with Crippen molar-refractivity contribution >= 4 is 0 Å². The lowest BCUT2D eigenvalue weighted by Gasteiger charge is -2.16. The van der Waals surface area contributed by atoms with Gasteiger partial charge in [0.25, 0.3) is 0 Å². The van der Waals surface area contributed by atoms with Crippen LogP contribution in [-0.2, 0) is 0 Å². The molecule has 1 heteroatoms. The van der Waals surface area contributed by atoms with E-state index in [4.69, 9.17) is 4.74 Å². The maximum Gasteiger partial charge on any atom is 0.119 e. The summed E-state index contributed by atoms with van der Waals surface area (Å²) < 4.78 is 5.85. The van der Waals surface area contributed by atoms with Crippen molar-refractivity contribution in [3.63, 3.8) is 0 Å². The lowest BCUT2D eigenvalue weighted by atomic mass is 10.0. The molecule has 1 nitrogen and oxygen atoms in total. The Morgan fingerprint density at radius 2 is 1.53 bits per heavy atom. The first-order chi connectivity index (χ1) is 7.17. The van der Waals surface area contributed by atoms with Crippen LogP contribution in [0.2, 0.25) is 0 Å². The highest BCUT2D eigenvalue weighted by Crippen LogP contribution is 2.20. The van der Waals surface area contributed by atoms with E-state index in [1.54, 1.807) is 0 Å². The fraction of sp³-hybridized carbons (Fsp3) is 0.571. The van der Waals surface area contributed by atoms with Gasteiger partial charge in [-0.15, -0.1) is 0 Å². The summed E-state index contributed by atoms with van der Waals surface area (Å²) in [4.78, 5) is 0. The first-order valence-corrected chi connectivity index (χ1v) is 5.94. The van der Waals surface area contributed by atoms with E-state index in [0.717, 1.165) is 18.6 Å². The third-order valence-corrected chi connectivity index (χ3v) is 2.76. The van der Waals surface area contributed by atoms with Gasteiger partial charge in [-0.25, -0.2) is 0 Å². The van der Waals surface area contributed by atoms with E-state index in [1.807, 2.05) is 0 Å². The van der Waals surface area contributed by atoms with Crippen molar-refractivity contribution < 1.29 is 4.74 Å². The molecule has 0 unspecified atom stereocenters. The van der Waals surface area contributed by atoms with Crippen molar-refractivity contribution in [3.05, 3.63) is 29.8 Å². The van der Waals surface area contributed by atoms with E-state index in [9.17, 15) is 0 Å². The minimum Gasteiger partial charge on any atom is -0.490 e.